The fourth-order valence-electron chi connectivity index (χ4n) is 3.95. The van der Waals surface area contributed by atoms with Crippen molar-refractivity contribution in [3.63, 3.8) is 0 Å². The van der Waals surface area contributed by atoms with E-state index in [-0.39, 0.29) is 11.7 Å². The lowest BCUT2D eigenvalue weighted by Crippen LogP contribution is -2.28. The van der Waals surface area contributed by atoms with Crippen molar-refractivity contribution in [2.24, 2.45) is 4.99 Å². The number of hydrogen-bond donors (Lipinski definition) is 0. The highest BCUT2D eigenvalue weighted by Gasteiger charge is 2.33. The number of thioether (sulfide) groups is 1. The molecule has 1 heterocycles. The normalized spacial score (nSPS) is 15.2. The molecule has 4 aromatic rings. The molecule has 40 heavy (non-hydrogen) atoms. The largest absolute Gasteiger partial charge is 0.497 e. The summed E-state index contributed by atoms with van der Waals surface area (Å²) in [7, 11) is 1.63. The molecule has 5 rings (SSSR count). The zero-order chi connectivity index (χ0) is 28.1. The minimum atomic E-state index is -0.274. The summed E-state index contributed by atoms with van der Waals surface area (Å²) >= 11 is 5.84. The first-order chi connectivity index (χ1) is 19.4. The first-order valence-electron chi connectivity index (χ1n) is 12.2. The molecule has 0 spiro atoms. The Hall–Kier alpha value is -2.90. The topological polar surface area (TPSA) is 51.1 Å². The predicted molar refractivity (Wildman–Crippen MR) is 175 cm³/mol. The Bertz CT molecular complexity index is 1550. The van der Waals surface area contributed by atoms with Crippen molar-refractivity contribution in [1.82, 2.24) is 4.90 Å². The summed E-state index contributed by atoms with van der Waals surface area (Å²) in [5, 5.41) is 0.627. The van der Waals surface area contributed by atoms with Gasteiger partial charge in [0.1, 0.15) is 23.9 Å². The molecule has 202 valence electrons. The minimum absolute atomic E-state index is 0.0999. The molecule has 0 unspecified atom stereocenters. The number of aliphatic imine (C=N–C) groups is 1. The SMILES string of the molecule is COc1ccc(CN2C(=O)/C(=C/c3cc(I)c(OCc4ccc(F)cc4)c(I)c3)SC2=Nc2ccccc2)cc1. The molecule has 5 nitrogen and oxygen atoms in total. The van der Waals surface area contributed by atoms with E-state index < -0.39 is 0 Å². The van der Waals surface area contributed by atoms with Crippen LogP contribution in [0.2, 0.25) is 0 Å². The molecule has 0 radical (unpaired) electrons. The van der Waals surface area contributed by atoms with Crippen LogP contribution in [0.5, 0.6) is 11.5 Å². The summed E-state index contributed by atoms with van der Waals surface area (Å²) in [5.41, 5.74) is 3.53. The predicted octanol–water partition coefficient (Wildman–Crippen LogP) is 8.43. The van der Waals surface area contributed by atoms with E-state index in [2.05, 4.69) is 45.2 Å². The van der Waals surface area contributed by atoms with Crippen molar-refractivity contribution in [2.75, 3.05) is 7.11 Å². The quantitative estimate of drug-likeness (QED) is 0.133. The maximum atomic E-state index is 13.6. The Morgan fingerprint density at radius 2 is 1.57 bits per heavy atom. The molecule has 1 amide bonds. The maximum Gasteiger partial charge on any atom is 0.267 e. The molecular weight excluding hydrogens is 753 g/mol. The van der Waals surface area contributed by atoms with E-state index in [4.69, 9.17) is 14.5 Å². The zero-order valence-electron chi connectivity index (χ0n) is 21.3. The highest BCUT2D eigenvalue weighted by molar-refractivity contribution is 14.1. The average molecular weight is 776 g/mol. The van der Waals surface area contributed by atoms with Gasteiger partial charge in [0.05, 0.1) is 31.4 Å². The van der Waals surface area contributed by atoms with Gasteiger partial charge in [0.25, 0.3) is 5.91 Å². The van der Waals surface area contributed by atoms with Crippen LogP contribution in [0.15, 0.2) is 101 Å². The molecular formula is C31H23FI2N2O3S. The Balaban J connectivity index is 1.40. The summed E-state index contributed by atoms with van der Waals surface area (Å²) < 4.78 is 26.4. The first kappa shape index (κ1) is 28.6. The Kier molecular flexibility index (Phi) is 9.43. The fraction of sp³-hybridized carbons (Fsp3) is 0.0968. The summed E-state index contributed by atoms with van der Waals surface area (Å²) in [5.74, 6) is 1.14. The van der Waals surface area contributed by atoms with Crippen molar-refractivity contribution in [3.05, 3.63) is 126 Å². The number of amides is 1. The van der Waals surface area contributed by atoms with Crippen LogP contribution in [-0.4, -0.2) is 23.1 Å². The van der Waals surface area contributed by atoms with Crippen molar-refractivity contribution >= 4 is 79.8 Å². The van der Waals surface area contributed by atoms with Crippen molar-refractivity contribution in [3.8, 4) is 11.5 Å². The number of nitrogens with zero attached hydrogens (tertiary/aromatic N) is 2. The van der Waals surface area contributed by atoms with Gasteiger partial charge in [0, 0.05) is 0 Å². The number of carbonyl (C=O) groups excluding carboxylic acids is 1. The standard InChI is InChI=1S/C31H23FI2N2O3S/c1-38-25-13-9-20(10-14-25)18-36-30(37)28(40-31(36)35-24-5-3-2-4-6-24)17-22-15-26(33)29(27(34)16-22)39-19-21-7-11-23(32)12-8-21/h2-17H,18-19H2,1H3/b28-17-,35-31?. The number of ether oxygens (including phenoxy) is 2. The lowest BCUT2D eigenvalue weighted by atomic mass is 10.2. The number of carbonyl (C=O) groups is 1. The van der Waals surface area contributed by atoms with Crippen LogP contribution in [0, 0.1) is 13.0 Å². The van der Waals surface area contributed by atoms with Crippen molar-refractivity contribution in [1.29, 1.82) is 0 Å². The number of para-hydroxylation sites is 1. The number of benzene rings is 4. The fourth-order valence-corrected chi connectivity index (χ4v) is 7.07. The molecule has 0 atom stereocenters. The van der Waals surface area contributed by atoms with Gasteiger partial charge in [0.2, 0.25) is 0 Å². The molecule has 0 aromatic heterocycles. The van der Waals surface area contributed by atoms with E-state index in [0.29, 0.717) is 23.2 Å². The van der Waals surface area contributed by atoms with Crippen LogP contribution in [0.4, 0.5) is 10.1 Å². The second-order valence-corrected chi connectivity index (χ2v) is 12.1. The number of rotatable bonds is 8. The molecule has 0 saturated carbocycles. The third kappa shape index (κ3) is 7.05. The van der Waals surface area contributed by atoms with E-state index in [1.54, 1.807) is 24.1 Å². The molecule has 4 aromatic carbocycles. The minimum Gasteiger partial charge on any atom is -0.497 e. The Morgan fingerprint density at radius 1 is 0.925 bits per heavy atom. The Morgan fingerprint density at radius 3 is 2.23 bits per heavy atom. The van der Waals surface area contributed by atoms with Gasteiger partial charge in [-0.1, -0.05) is 42.5 Å². The number of amidine groups is 1. The summed E-state index contributed by atoms with van der Waals surface area (Å²) in [6, 6.07) is 27.6. The third-order valence-corrected chi connectivity index (χ3v) is 8.59. The monoisotopic (exact) mass is 776 g/mol. The third-order valence-electron chi connectivity index (χ3n) is 5.98. The van der Waals surface area contributed by atoms with E-state index in [1.165, 1.54) is 23.9 Å². The second-order valence-electron chi connectivity index (χ2n) is 8.81. The number of halogens is 3. The average Bonchev–Trinajstić information content (AvgIpc) is 3.23. The van der Waals surface area contributed by atoms with Gasteiger partial charge in [0.15, 0.2) is 5.17 Å². The lowest BCUT2D eigenvalue weighted by Gasteiger charge is -2.16. The van der Waals surface area contributed by atoms with E-state index in [0.717, 1.165) is 41.0 Å². The van der Waals surface area contributed by atoms with Crippen LogP contribution in [-0.2, 0) is 17.9 Å². The summed E-state index contributed by atoms with van der Waals surface area (Å²) in [4.78, 5) is 20.7. The first-order valence-corrected chi connectivity index (χ1v) is 15.2. The van der Waals surface area contributed by atoms with Crippen LogP contribution < -0.4 is 9.47 Å². The number of hydrogen-bond acceptors (Lipinski definition) is 5. The molecule has 0 bridgehead atoms. The van der Waals surface area contributed by atoms with Crippen LogP contribution in [0.1, 0.15) is 16.7 Å². The van der Waals surface area contributed by atoms with Gasteiger partial charge in [-0.3, -0.25) is 9.69 Å². The van der Waals surface area contributed by atoms with Gasteiger partial charge >= 0.3 is 0 Å². The van der Waals surface area contributed by atoms with Crippen molar-refractivity contribution < 1.29 is 18.7 Å². The Labute approximate surface area is 263 Å². The molecule has 1 saturated heterocycles. The summed E-state index contributed by atoms with van der Waals surface area (Å²) in [6.45, 7) is 0.727. The van der Waals surface area contributed by atoms with Crippen LogP contribution in [0.25, 0.3) is 6.08 Å². The lowest BCUT2D eigenvalue weighted by molar-refractivity contribution is -0.122. The van der Waals surface area contributed by atoms with Gasteiger partial charge in [-0.2, -0.15) is 0 Å². The smallest absolute Gasteiger partial charge is 0.267 e. The number of methoxy groups -OCH3 is 1. The molecule has 9 heteroatoms. The van der Waals surface area contributed by atoms with Crippen LogP contribution in [0.3, 0.4) is 0 Å². The van der Waals surface area contributed by atoms with Gasteiger partial charge in [-0.05, 0) is 128 Å². The molecule has 0 N–H and O–H groups in total. The molecule has 0 aliphatic carbocycles. The van der Waals surface area contributed by atoms with E-state index in [1.807, 2.05) is 72.8 Å². The second kappa shape index (κ2) is 13.2. The van der Waals surface area contributed by atoms with Crippen LogP contribution >= 0.6 is 56.9 Å². The molecule has 1 aliphatic rings. The zero-order valence-corrected chi connectivity index (χ0v) is 26.4. The van der Waals surface area contributed by atoms with E-state index >= 15 is 0 Å². The highest BCUT2D eigenvalue weighted by Crippen LogP contribution is 2.37. The van der Waals surface area contributed by atoms with E-state index in [9.17, 15) is 9.18 Å². The molecule has 1 fully saturated rings. The highest BCUT2D eigenvalue weighted by atomic mass is 127. The van der Waals surface area contributed by atoms with Crippen molar-refractivity contribution in [2.45, 2.75) is 13.2 Å². The van der Waals surface area contributed by atoms with Gasteiger partial charge in [-0.15, -0.1) is 0 Å². The van der Waals surface area contributed by atoms with Gasteiger partial charge in [-0.25, -0.2) is 9.38 Å². The summed E-state index contributed by atoms with van der Waals surface area (Å²) in [6.07, 6.45) is 1.90. The molecule has 1 aliphatic heterocycles. The van der Waals surface area contributed by atoms with Gasteiger partial charge < -0.3 is 9.47 Å². The maximum absolute atomic E-state index is 13.6.